The number of nitrogens with two attached hydrogens (primary N) is 2. The molecule has 25 heavy (non-hydrogen) atoms. The van der Waals surface area contributed by atoms with E-state index < -0.39 is 5.91 Å². The predicted molar refractivity (Wildman–Crippen MR) is 102 cm³/mol. The van der Waals surface area contributed by atoms with E-state index in [0.29, 0.717) is 23.6 Å². The number of carbonyl (C=O) groups is 2. The van der Waals surface area contributed by atoms with Crippen molar-refractivity contribution in [1.29, 1.82) is 0 Å². The fourth-order valence-corrected chi connectivity index (χ4v) is 2.34. The number of carbonyl (C=O) groups excluding carboxylic acids is 2. The lowest BCUT2D eigenvalue weighted by Gasteiger charge is -2.14. The van der Waals surface area contributed by atoms with E-state index in [-0.39, 0.29) is 24.4 Å². The molecule has 5 nitrogen and oxygen atoms in total. The minimum absolute atomic E-state index is 0. The van der Waals surface area contributed by atoms with Crippen molar-refractivity contribution in [3.63, 3.8) is 0 Å². The van der Waals surface area contributed by atoms with E-state index in [1.807, 2.05) is 12.1 Å². The van der Waals surface area contributed by atoms with E-state index in [1.54, 1.807) is 12.1 Å². The van der Waals surface area contributed by atoms with Gasteiger partial charge in [-0.3, -0.25) is 9.59 Å². The standard InChI is InChI=1S/C19H23N3O2.ClH/c1-12(2)13-3-5-14(6-4-13)17(20)11-22-19(24)16-9-7-15(8-10-16)18(21)23;/h3-10,12,17H,11,20H2,1-2H3,(H2,21,23)(H,22,24);1H. The van der Waals surface area contributed by atoms with Crippen molar-refractivity contribution in [2.75, 3.05) is 6.54 Å². The first-order valence-electron chi connectivity index (χ1n) is 7.92. The van der Waals surface area contributed by atoms with Crippen LogP contribution in [0.1, 0.15) is 57.7 Å². The van der Waals surface area contributed by atoms with Crippen LogP contribution in [0.5, 0.6) is 0 Å². The SMILES string of the molecule is CC(C)c1ccc(C(N)CNC(=O)c2ccc(C(N)=O)cc2)cc1.Cl. The fourth-order valence-electron chi connectivity index (χ4n) is 2.34. The molecule has 0 aliphatic carbocycles. The first kappa shape index (κ1) is 20.7. The van der Waals surface area contributed by atoms with Crippen molar-refractivity contribution in [1.82, 2.24) is 5.32 Å². The van der Waals surface area contributed by atoms with Gasteiger partial charge in [-0.2, -0.15) is 0 Å². The molecule has 2 rings (SSSR count). The second-order valence-corrected chi connectivity index (χ2v) is 6.08. The maximum atomic E-state index is 12.1. The van der Waals surface area contributed by atoms with Gasteiger partial charge in [-0.25, -0.2) is 0 Å². The van der Waals surface area contributed by atoms with E-state index in [4.69, 9.17) is 11.5 Å². The molecule has 2 amide bonds. The fraction of sp³-hybridized carbons (Fsp3) is 0.263. The first-order valence-corrected chi connectivity index (χ1v) is 7.92. The summed E-state index contributed by atoms with van der Waals surface area (Å²) < 4.78 is 0. The Morgan fingerprint density at radius 1 is 0.920 bits per heavy atom. The molecule has 0 saturated carbocycles. The van der Waals surface area contributed by atoms with Crippen LogP contribution >= 0.6 is 12.4 Å². The molecule has 0 fully saturated rings. The van der Waals surface area contributed by atoms with Gasteiger partial charge in [0.05, 0.1) is 0 Å². The van der Waals surface area contributed by atoms with Gasteiger partial charge < -0.3 is 16.8 Å². The Morgan fingerprint density at radius 3 is 1.88 bits per heavy atom. The molecule has 0 heterocycles. The summed E-state index contributed by atoms with van der Waals surface area (Å²) in [6.45, 7) is 4.61. The van der Waals surface area contributed by atoms with Crippen LogP contribution < -0.4 is 16.8 Å². The molecule has 1 atom stereocenters. The average molecular weight is 362 g/mol. The highest BCUT2D eigenvalue weighted by molar-refractivity contribution is 5.97. The number of rotatable bonds is 6. The number of hydrogen-bond donors (Lipinski definition) is 3. The molecule has 0 radical (unpaired) electrons. The first-order chi connectivity index (χ1) is 11.4. The van der Waals surface area contributed by atoms with Crippen molar-refractivity contribution in [2.24, 2.45) is 11.5 Å². The average Bonchev–Trinajstić information content (AvgIpc) is 2.59. The van der Waals surface area contributed by atoms with Crippen LogP contribution in [0.15, 0.2) is 48.5 Å². The largest absolute Gasteiger partial charge is 0.366 e. The molecule has 1 unspecified atom stereocenters. The Labute approximate surface area is 154 Å². The minimum Gasteiger partial charge on any atom is -0.366 e. The summed E-state index contributed by atoms with van der Waals surface area (Å²) in [7, 11) is 0. The van der Waals surface area contributed by atoms with Gasteiger partial charge in [-0.05, 0) is 41.3 Å². The smallest absolute Gasteiger partial charge is 0.251 e. The van der Waals surface area contributed by atoms with E-state index in [2.05, 4.69) is 31.3 Å². The number of nitrogens with one attached hydrogen (secondary N) is 1. The number of amides is 2. The van der Waals surface area contributed by atoms with Gasteiger partial charge in [-0.1, -0.05) is 38.1 Å². The second-order valence-electron chi connectivity index (χ2n) is 6.08. The lowest BCUT2D eigenvalue weighted by Crippen LogP contribution is -2.31. The molecule has 0 spiro atoms. The van der Waals surface area contributed by atoms with Gasteiger partial charge >= 0.3 is 0 Å². The molecule has 2 aromatic carbocycles. The van der Waals surface area contributed by atoms with E-state index in [9.17, 15) is 9.59 Å². The number of hydrogen-bond acceptors (Lipinski definition) is 3. The van der Waals surface area contributed by atoms with E-state index >= 15 is 0 Å². The zero-order chi connectivity index (χ0) is 17.7. The number of primary amides is 1. The normalized spacial score (nSPS) is 11.5. The van der Waals surface area contributed by atoms with E-state index in [0.717, 1.165) is 5.56 Å². The molecule has 0 aliphatic rings. The van der Waals surface area contributed by atoms with Crippen LogP contribution in [0.25, 0.3) is 0 Å². The van der Waals surface area contributed by atoms with Crippen LogP contribution in [-0.2, 0) is 0 Å². The predicted octanol–water partition coefficient (Wildman–Crippen LogP) is 2.76. The van der Waals surface area contributed by atoms with Crippen LogP contribution in [0.3, 0.4) is 0 Å². The summed E-state index contributed by atoms with van der Waals surface area (Å²) in [5.74, 6) is -0.285. The molecule has 134 valence electrons. The Morgan fingerprint density at radius 2 is 1.40 bits per heavy atom. The lowest BCUT2D eigenvalue weighted by molar-refractivity contribution is 0.0948. The third-order valence-corrected chi connectivity index (χ3v) is 3.95. The highest BCUT2D eigenvalue weighted by atomic mass is 35.5. The third-order valence-electron chi connectivity index (χ3n) is 3.95. The lowest BCUT2D eigenvalue weighted by atomic mass is 9.99. The molecule has 2 aromatic rings. The summed E-state index contributed by atoms with van der Waals surface area (Å²) in [5, 5.41) is 2.80. The number of benzene rings is 2. The zero-order valence-electron chi connectivity index (χ0n) is 14.4. The summed E-state index contributed by atoms with van der Waals surface area (Å²) >= 11 is 0. The Balaban J connectivity index is 0.00000312. The molecule has 6 heteroatoms. The van der Waals surface area contributed by atoms with Gasteiger partial charge in [0, 0.05) is 23.7 Å². The highest BCUT2D eigenvalue weighted by Crippen LogP contribution is 2.17. The maximum Gasteiger partial charge on any atom is 0.251 e. The van der Waals surface area contributed by atoms with Crippen molar-refractivity contribution >= 4 is 24.2 Å². The van der Waals surface area contributed by atoms with Crippen molar-refractivity contribution < 1.29 is 9.59 Å². The van der Waals surface area contributed by atoms with Crippen molar-refractivity contribution in [3.05, 3.63) is 70.8 Å². The summed E-state index contributed by atoms with van der Waals surface area (Å²) in [5.41, 5.74) is 14.4. The molecular formula is C19H24ClN3O2. The number of halogens is 1. The summed E-state index contributed by atoms with van der Waals surface area (Å²) in [4.78, 5) is 23.1. The van der Waals surface area contributed by atoms with Crippen LogP contribution in [0.4, 0.5) is 0 Å². The Kier molecular flexibility index (Phi) is 7.61. The van der Waals surface area contributed by atoms with Gasteiger partial charge in [0.1, 0.15) is 0 Å². The van der Waals surface area contributed by atoms with Crippen LogP contribution in [-0.4, -0.2) is 18.4 Å². The van der Waals surface area contributed by atoms with Crippen molar-refractivity contribution in [2.45, 2.75) is 25.8 Å². The maximum absolute atomic E-state index is 12.1. The summed E-state index contributed by atoms with van der Waals surface area (Å²) in [6.07, 6.45) is 0. The van der Waals surface area contributed by atoms with Crippen molar-refractivity contribution in [3.8, 4) is 0 Å². The quantitative estimate of drug-likeness (QED) is 0.737. The zero-order valence-corrected chi connectivity index (χ0v) is 15.2. The van der Waals surface area contributed by atoms with Gasteiger partial charge in [0.2, 0.25) is 5.91 Å². The third kappa shape index (κ3) is 5.59. The Bertz CT molecular complexity index is 712. The summed E-state index contributed by atoms with van der Waals surface area (Å²) in [6, 6.07) is 14.0. The minimum atomic E-state index is -0.520. The van der Waals surface area contributed by atoms with Gasteiger partial charge in [0.25, 0.3) is 5.91 Å². The molecular weight excluding hydrogens is 338 g/mol. The molecule has 0 bridgehead atoms. The molecule has 0 aliphatic heterocycles. The Hall–Kier alpha value is -2.37. The van der Waals surface area contributed by atoms with Crippen LogP contribution in [0, 0.1) is 0 Å². The van der Waals surface area contributed by atoms with Gasteiger partial charge in [-0.15, -0.1) is 12.4 Å². The second kappa shape index (κ2) is 9.20. The monoisotopic (exact) mass is 361 g/mol. The molecule has 0 saturated heterocycles. The topological polar surface area (TPSA) is 98.2 Å². The van der Waals surface area contributed by atoms with Gasteiger partial charge in [0.15, 0.2) is 0 Å². The molecule has 5 N–H and O–H groups in total. The molecule has 0 aromatic heterocycles. The van der Waals surface area contributed by atoms with E-state index in [1.165, 1.54) is 17.7 Å². The van der Waals surface area contributed by atoms with Crippen LogP contribution in [0.2, 0.25) is 0 Å². The highest BCUT2D eigenvalue weighted by Gasteiger charge is 2.11.